The lowest BCUT2D eigenvalue weighted by Crippen LogP contribution is -2.46. The predicted octanol–water partition coefficient (Wildman–Crippen LogP) is 7.77. The van der Waals surface area contributed by atoms with Crippen molar-refractivity contribution in [1.82, 2.24) is 5.01 Å². The molecule has 0 fully saturated rings. The van der Waals surface area contributed by atoms with Crippen molar-refractivity contribution in [2.75, 3.05) is 25.5 Å². The summed E-state index contributed by atoms with van der Waals surface area (Å²) in [5.41, 5.74) is -0.303. The van der Waals surface area contributed by atoms with Crippen molar-refractivity contribution in [1.29, 1.82) is 0 Å². The second kappa shape index (κ2) is 22.0. The van der Waals surface area contributed by atoms with E-state index in [0.29, 0.717) is 13.1 Å². The van der Waals surface area contributed by atoms with Crippen LogP contribution in [0.25, 0.3) is 10.8 Å². The number of Topliss-reactive ketones (excluding diaryl/α,β-unsaturated/α-hetero) is 1. The van der Waals surface area contributed by atoms with Crippen LogP contribution >= 0.6 is 0 Å². The van der Waals surface area contributed by atoms with Crippen LogP contribution in [0.15, 0.2) is 41.2 Å². The van der Waals surface area contributed by atoms with Crippen molar-refractivity contribution >= 4 is 40.3 Å². The first-order chi connectivity index (χ1) is 29.8. The predicted molar refractivity (Wildman–Crippen MR) is 242 cm³/mol. The molecule has 0 saturated heterocycles. The zero-order chi connectivity index (χ0) is 46.9. The number of carbonyl (C=O) groups excluding carboxylic acids is 3. The molecule has 6 N–H and O–H groups in total. The van der Waals surface area contributed by atoms with Crippen LogP contribution in [-0.2, 0) is 23.8 Å². The fourth-order valence-corrected chi connectivity index (χ4v) is 8.33. The first-order valence-electron chi connectivity index (χ1n) is 22.1. The molecule has 3 aliphatic heterocycles. The number of esters is 1. The number of methoxy groups -OCH3 is 1. The summed E-state index contributed by atoms with van der Waals surface area (Å²) in [4.78, 5) is 40.8. The number of hydrogen-bond donors (Lipinski definition) is 6. The standard InChI is InChI=1S/C48H69N3O12/c1-12-14-16-22-51(23-17-15-13-2)49-25-33-38-43(57)36-35(42(33)56)37-45(31(8)41(36)55)63-48(10,46(37)58)61-24-21-34(60-11)28(5)44(62-32(9)52)30(7)40(54)29(6)39(53)26(3)19-18-20-27(4)47(59)50-38/h18-21,24-26,28-30,34,39-40,44,53-57H,12-17,22-23H2,1-11H3,(H,50,59)/b19-18+,24-21+,27-20-,49-25+/t26-,28+,29+,30+,34-,39-,40+,44+,48-/m0/s1. The van der Waals surface area contributed by atoms with Gasteiger partial charge in [0.15, 0.2) is 5.75 Å². The summed E-state index contributed by atoms with van der Waals surface area (Å²) in [6, 6.07) is 0. The minimum Gasteiger partial charge on any atom is -0.507 e. The third-order valence-corrected chi connectivity index (χ3v) is 12.4. The van der Waals surface area contributed by atoms with Gasteiger partial charge in [-0.15, -0.1) is 0 Å². The number of fused-ring (bicyclic) bond motifs is 14. The Morgan fingerprint density at radius 3 is 2.13 bits per heavy atom. The number of hydrazone groups is 1. The summed E-state index contributed by atoms with van der Waals surface area (Å²) in [6.07, 6.45) is 10.6. The normalized spacial score (nSPS) is 28.9. The Balaban J connectivity index is 1.99. The zero-order valence-corrected chi connectivity index (χ0v) is 38.7. The molecule has 2 aromatic rings. The summed E-state index contributed by atoms with van der Waals surface area (Å²) in [7, 11) is 1.44. The van der Waals surface area contributed by atoms with Crippen molar-refractivity contribution in [2.24, 2.45) is 28.8 Å². The number of phenolic OH excluding ortho intramolecular Hbond substituents is 3. The second-order valence-corrected chi connectivity index (χ2v) is 17.2. The number of phenols is 3. The molecule has 5 bridgehead atoms. The number of rotatable bonds is 12. The first kappa shape index (κ1) is 50.5. The molecule has 0 unspecified atom stereocenters. The number of ketones is 1. The largest absolute Gasteiger partial charge is 0.507 e. The SMILES string of the molecule is CCCCCN(CCCCC)/N=C/c1c2c(O)c3c(O)c(C)c4c(c3c1O)C(=O)[C@@](C)(O/C=C/[C@H](OC)[C@@H](C)[C@@H](OC(C)=O)[C@H](C)[C@H](O)[C@H](C)[C@@H](O)[C@@H](C)/C=C/C=C(/C)C(=O)N2)O4. The number of aliphatic hydroxyl groups is 2. The first-order valence-corrected chi connectivity index (χ1v) is 22.1. The second-order valence-electron chi connectivity index (χ2n) is 17.2. The van der Waals surface area contributed by atoms with Crippen LogP contribution in [-0.4, -0.2) is 105 Å². The third kappa shape index (κ3) is 11.2. The highest BCUT2D eigenvalue weighted by molar-refractivity contribution is 6.23. The van der Waals surface area contributed by atoms with Crippen LogP contribution in [0.4, 0.5) is 5.69 Å². The number of nitrogens with one attached hydrogen (secondary N) is 1. The number of anilines is 1. The molecule has 0 saturated carbocycles. The molecule has 5 rings (SSSR count). The summed E-state index contributed by atoms with van der Waals surface area (Å²) < 4.78 is 23.7. The highest BCUT2D eigenvalue weighted by Crippen LogP contribution is 2.55. The molecule has 63 heavy (non-hydrogen) atoms. The average Bonchev–Trinajstić information content (AvgIpc) is 3.51. The average molecular weight is 880 g/mol. The van der Waals surface area contributed by atoms with E-state index in [0.717, 1.165) is 38.5 Å². The van der Waals surface area contributed by atoms with E-state index in [9.17, 15) is 39.9 Å². The van der Waals surface area contributed by atoms with Gasteiger partial charge in [0.2, 0.25) is 0 Å². The van der Waals surface area contributed by atoms with Gasteiger partial charge in [-0.1, -0.05) is 85.5 Å². The van der Waals surface area contributed by atoms with Crippen LogP contribution in [0, 0.1) is 30.6 Å². The van der Waals surface area contributed by atoms with E-state index in [2.05, 4.69) is 19.2 Å². The van der Waals surface area contributed by atoms with Crippen LogP contribution in [0.1, 0.15) is 122 Å². The van der Waals surface area contributed by atoms with Crippen LogP contribution < -0.4 is 10.1 Å². The number of amides is 1. The molecular weight excluding hydrogens is 811 g/mol. The highest BCUT2D eigenvalue weighted by atomic mass is 16.7. The van der Waals surface area contributed by atoms with Gasteiger partial charge in [0.25, 0.3) is 11.7 Å². The van der Waals surface area contributed by atoms with Crippen LogP contribution in [0.3, 0.4) is 0 Å². The minimum atomic E-state index is -2.05. The Labute approximate surface area is 371 Å². The number of ether oxygens (including phenoxy) is 4. The molecule has 0 spiro atoms. The molecule has 2 aromatic carbocycles. The molecule has 3 heterocycles. The van der Waals surface area contributed by atoms with E-state index < -0.39 is 88.8 Å². The van der Waals surface area contributed by atoms with Crippen molar-refractivity contribution in [2.45, 2.75) is 138 Å². The van der Waals surface area contributed by atoms with Gasteiger partial charge < -0.3 is 49.8 Å². The quantitative estimate of drug-likeness (QED) is 0.0300. The molecule has 15 heteroatoms. The summed E-state index contributed by atoms with van der Waals surface area (Å²) in [6.45, 7) is 18.0. The van der Waals surface area contributed by atoms with E-state index in [4.69, 9.17) is 24.0 Å². The Kier molecular flexibility index (Phi) is 17.6. The van der Waals surface area contributed by atoms with Gasteiger partial charge in [0.1, 0.15) is 23.4 Å². The Morgan fingerprint density at radius 1 is 0.905 bits per heavy atom. The monoisotopic (exact) mass is 879 g/mol. The van der Waals surface area contributed by atoms with Gasteiger partial charge in [0.05, 0.1) is 53.0 Å². The lowest BCUT2D eigenvalue weighted by atomic mass is 9.78. The highest BCUT2D eigenvalue weighted by Gasteiger charge is 2.50. The molecule has 1 amide bonds. The molecular formula is C48H69N3O12. The van der Waals surface area contributed by atoms with Crippen molar-refractivity contribution in [3.05, 3.63) is 52.8 Å². The van der Waals surface area contributed by atoms with Gasteiger partial charge in [-0.05, 0) is 32.8 Å². The Morgan fingerprint density at radius 2 is 1.54 bits per heavy atom. The van der Waals surface area contributed by atoms with Crippen LogP contribution in [0.5, 0.6) is 23.0 Å². The number of carbonyl (C=O) groups is 3. The van der Waals surface area contributed by atoms with E-state index in [-0.39, 0.29) is 44.5 Å². The van der Waals surface area contributed by atoms with Gasteiger partial charge in [-0.25, -0.2) is 0 Å². The molecule has 0 aliphatic carbocycles. The van der Waals surface area contributed by atoms with Crippen LogP contribution in [0.2, 0.25) is 0 Å². The summed E-state index contributed by atoms with van der Waals surface area (Å²) in [5, 5.41) is 67.7. The van der Waals surface area contributed by atoms with Crippen molar-refractivity contribution in [3.63, 3.8) is 0 Å². The fourth-order valence-electron chi connectivity index (χ4n) is 8.33. The molecule has 3 aliphatic rings. The smallest absolute Gasteiger partial charge is 0.312 e. The Hall–Kier alpha value is -5.12. The number of nitrogens with zero attached hydrogens (tertiary/aromatic N) is 2. The molecule has 15 nitrogen and oxygen atoms in total. The van der Waals surface area contributed by atoms with E-state index in [1.54, 1.807) is 39.8 Å². The zero-order valence-electron chi connectivity index (χ0n) is 38.7. The lowest BCUT2D eigenvalue weighted by Gasteiger charge is -2.38. The van der Waals surface area contributed by atoms with E-state index >= 15 is 0 Å². The molecule has 0 radical (unpaired) electrons. The number of hydrogen-bond acceptors (Lipinski definition) is 14. The number of allylic oxidation sites excluding steroid dienone is 2. The van der Waals surface area contributed by atoms with E-state index in [1.807, 2.05) is 5.01 Å². The summed E-state index contributed by atoms with van der Waals surface area (Å²) >= 11 is 0. The number of aliphatic hydroxyl groups excluding tert-OH is 2. The maximum absolute atomic E-state index is 14.6. The number of benzene rings is 2. The number of unbranched alkanes of at least 4 members (excludes halogenated alkanes) is 4. The van der Waals surface area contributed by atoms with Gasteiger partial charge in [0, 0.05) is 74.2 Å². The Bertz CT molecular complexity index is 2090. The lowest BCUT2D eigenvalue weighted by molar-refractivity contribution is -0.160. The topological polar surface area (TPSA) is 217 Å². The van der Waals surface area contributed by atoms with Crippen molar-refractivity contribution < 1.29 is 58.9 Å². The number of aromatic hydroxyl groups is 3. The fraction of sp³-hybridized carbons (Fsp3) is 0.583. The van der Waals surface area contributed by atoms with E-state index in [1.165, 1.54) is 59.4 Å². The van der Waals surface area contributed by atoms with Crippen molar-refractivity contribution in [3.8, 4) is 23.0 Å². The maximum Gasteiger partial charge on any atom is 0.312 e. The third-order valence-electron chi connectivity index (χ3n) is 12.4. The molecule has 9 atom stereocenters. The maximum atomic E-state index is 14.6. The molecule has 0 aromatic heterocycles. The minimum absolute atomic E-state index is 0.0611. The molecule has 348 valence electrons. The van der Waals surface area contributed by atoms with Gasteiger partial charge in [-0.2, -0.15) is 5.10 Å². The van der Waals surface area contributed by atoms with Gasteiger partial charge in [-0.3, -0.25) is 19.4 Å². The summed E-state index contributed by atoms with van der Waals surface area (Å²) in [5.74, 6) is -8.30. The van der Waals surface area contributed by atoms with Gasteiger partial charge >= 0.3 is 11.8 Å².